The summed E-state index contributed by atoms with van der Waals surface area (Å²) in [6.07, 6.45) is 0. The number of hydrogen-bond acceptors (Lipinski definition) is 4. The van der Waals surface area contributed by atoms with Crippen molar-refractivity contribution in [3.8, 4) is 0 Å². The molecule has 0 saturated heterocycles. The fraction of sp³-hybridized carbons (Fsp3) is 0.0714. The summed E-state index contributed by atoms with van der Waals surface area (Å²) < 4.78 is 39.6. The molecule has 21 heavy (non-hydrogen) atoms. The van der Waals surface area contributed by atoms with E-state index in [9.17, 15) is 22.7 Å². The molecule has 0 fully saturated rings. The maximum absolute atomic E-state index is 13.0. The van der Waals surface area contributed by atoms with E-state index in [0.717, 1.165) is 30.3 Å². The Bertz CT molecular complexity index is 785. The number of halogens is 1. The number of rotatable bonds is 4. The van der Waals surface area contributed by atoms with Crippen molar-refractivity contribution in [2.75, 3.05) is 4.72 Å². The Morgan fingerprint density at radius 2 is 1.76 bits per heavy atom. The number of carbonyl (C=O) groups is 1. The van der Waals surface area contributed by atoms with Gasteiger partial charge in [0.15, 0.2) is 0 Å². The highest BCUT2D eigenvalue weighted by Gasteiger charge is 2.15. The molecule has 0 aliphatic carbocycles. The van der Waals surface area contributed by atoms with Crippen molar-refractivity contribution in [2.24, 2.45) is 0 Å². The van der Waals surface area contributed by atoms with Crippen LogP contribution in [-0.2, 0) is 10.0 Å². The van der Waals surface area contributed by atoms with Crippen LogP contribution in [0.4, 0.5) is 10.1 Å². The minimum atomic E-state index is -3.88. The predicted molar refractivity (Wildman–Crippen MR) is 72.7 cm³/mol. The molecule has 0 aliphatic rings. The minimum Gasteiger partial charge on any atom is -0.545 e. The molecule has 0 saturated carbocycles. The second-order valence-electron chi connectivity index (χ2n) is 4.38. The van der Waals surface area contributed by atoms with E-state index >= 15 is 0 Å². The molecule has 0 amide bonds. The third kappa shape index (κ3) is 3.38. The van der Waals surface area contributed by atoms with Crippen LogP contribution in [-0.4, -0.2) is 14.4 Å². The minimum absolute atomic E-state index is 0.101. The maximum Gasteiger partial charge on any atom is 0.261 e. The highest BCUT2D eigenvalue weighted by Crippen LogP contribution is 2.20. The van der Waals surface area contributed by atoms with Crippen LogP contribution in [0.25, 0.3) is 0 Å². The summed E-state index contributed by atoms with van der Waals surface area (Å²) in [4.78, 5) is 10.5. The van der Waals surface area contributed by atoms with Crippen LogP contribution in [0.1, 0.15) is 15.9 Å². The smallest absolute Gasteiger partial charge is 0.261 e. The van der Waals surface area contributed by atoms with Gasteiger partial charge in [0.1, 0.15) is 5.82 Å². The van der Waals surface area contributed by atoms with Crippen molar-refractivity contribution in [1.29, 1.82) is 0 Å². The van der Waals surface area contributed by atoms with E-state index in [1.807, 2.05) is 0 Å². The van der Waals surface area contributed by atoms with E-state index in [2.05, 4.69) is 4.72 Å². The van der Waals surface area contributed by atoms with Gasteiger partial charge >= 0.3 is 0 Å². The molecular weight excluding hydrogens is 297 g/mol. The summed E-state index contributed by atoms with van der Waals surface area (Å²) in [5, 5.41) is 10.6. The third-order valence-electron chi connectivity index (χ3n) is 2.83. The summed E-state index contributed by atoms with van der Waals surface area (Å²) in [5.41, 5.74) is 0.567. The molecule has 1 N–H and O–H groups in total. The summed E-state index contributed by atoms with van der Waals surface area (Å²) in [6, 6.07) is 8.26. The van der Waals surface area contributed by atoms with E-state index in [-0.39, 0.29) is 16.1 Å². The zero-order valence-electron chi connectivity index (χ0n) is 11.0. The number of carboxylic acid groups (broad SMARTS) is 1. The van der Waals surface area contributed by atoms with Crippen LogP contribution >= 0.6 is 0 Å². The first-order valence-electron chi connectivity index (χ1n) is 5.90. The summed E-state index contributed by atoms with van der Waals surface area (Å²) in [7, 11) is -3.88. The van der Waals surface area contributed by atoms with E-state index in [4.69, 9.17) is 0 Å². The second-order valence-corrected chi connectivity index (χ2v) is 6.06. The van der Waals surface area contributed by atoms with Gasteiger partial charge in [0, 0.05) is 0 Å². The van der Waals surface area contributed by atoms with Gasteiger partial charge in [-0.2, -0.15) is 0 Å². The Kier molecular flexibility index (Phi) is 3.95. The molecule has 2 aromatic rings. The molecule has 7 heteroatoms. The highest BCUT2D eigenvalue weighted by atomic mass is 32.2. The van der Waals surface area contributed by atoms with Crippen LogP contribution in [0.15, 0.2) is 47.4 Å². The van der Waals surface area contributed by atoms with E-state index in [1.165, 1.54) is 12.1 Å². The normalized spacial score (nSPS) is 11.1. The first-order chi connectivity index (χ1) is 9.79. The van der Waals surface area contributed by atoms with Crippen LogP contribution in [0.2, 0.25) is 0 Å². The largest absolute Gasteiger partial charge is 0.545 e. The van der Waals surface area contributed by atoms with Gasteiger partial charge in [-0.15, -0.1) is 0 Å². The molecule has 0 atom stereocenters. The van der Waals surface area contributed by atoms with Crippen LogP contribution in [0.3, 0.4) is 0 Å². The molecule has 110 valence electrons. The number of aromatic carboxylic acids is 1. The van der Waals surface area contributed by atoms with Gasteiger partial charge in [-0.3, -0.25) is 4.72 Å². The van der Waals surface area contributed by atoms with Crippen LogP contribution < -0.4 is 9.83 Å². The monoisotopic (exact) mass is 308 g/mol. The Balaban J connectivity index is 2.31. The quantitative estimate of drug-likeness (QED) is 0.922. The Labute approximate surface area is 121 Å². The zero-order chi connectivity index (χ0) is 15.6. The first kappa shape index (κ1) is 15.0. The fourth-order valence-electron chi connectivity index (χ4n) is 1.72. The van der Waals surface area contributed by atoms with Crippen LogP contribution in [0, 0.1) is 12.7 Å². The van der Waals surface area contributed by atoms with Gasteiger partial charge in [-0.25, -0.2) is 12.8 Å². The van der Waals surface area contributed by atoms with Gasteiger partial charge in [-0.05, 0) is 48.4 Å². The second kappa shape index (κ2) is 5.53. The average Bonchev–Trinajstić information content (AvgIpc) is 2.42. The highest BCUT2D eigenvalue weighted by molar-refractivity contribution is 7.92. The van der Waals surface area contributed by atoms with Crippen LogP contribution in [0.5, 0.6) is 0 Å². The summed E-state index contributed by atoms with van der Waals surface area (Å²) in [6.45, 7) is 1.57. The molecule has 0 unspecified atom stereocenters. The van der Waals surface area contributed by atoms with Crippen molar-refractivity contribution in [1.82, 2.24) is 0 Å². The Hall–Kier alpha value is -2.41. The third-order valence-corrected chi connectivity index (χ3v) is 4.21. The van der Waals surface area contributed by atoms with Gasteiger partial charge in [-0.1, -0.05) is 12.1 Å². The van der Waals surface area contributed by atoms with Gasteiger partial charge in [0.05, 0.1) is 16.6 Å². The maximum atomic E-state index is 13.0. The number of carbonyl (C=O) groups excluding carboxylic acids is 1. The van der Waals surface area contributed by atoms with E-state index in [1.54, 1.807) is 6.92 Å². The standard InChI is InChI=1S/C14H12FNO4S/c1-9-8-11(15)4-7-13(9)16-21(19,20)12-5-2-10(3-6-12)14(17)18/h2-8,16H,1H3,(H,17,18)/p-1. The van der Waals surface area contributed by atoms with E-state index in [0.29, 0.717) is 5.56 Å². The van der Waals surface area contributed by atoms with Gasteiger partial charge in [0.2, 0.25) is 0 Å². The lowest BCUT2D eigenvalue weighted by Gasteiger charge is -2.11. The number of benzene rings is 2. The first-order valence-corrected chi connectivity index (χ1v) is 7.38. The number of aryl methyl sites for hydroxylation is 1. The zero-order valence-corrected chi connectivity index (χ0v) is 11.8. The van der Waals surface area contributed by atoms with Crippen molar-refractivity contribution in [3.63, 3.8) is 0 Å². The number of nitrogens with one attached hydrogen (secondary N) is 1. The SMILES string of the molecule is Cc1cc(F)ccc1NS(=O)(=O)c1ccc(C(=O)[O-])cc1. The number of hydrogen-bond donors (Lipinski definition) is 1. The predicted octanol–water partition coefficient (Wildman–Crippen LogP) is 1.30. The molecule has 0 radical (unpaired) electrons. The van der Waals surface area contributed by atoms with Crippen molar-refractivity contribution in [2.45, 2.75) is 11.8 Å². The summed E-state index contributed by atoms with van der Waals surface area (Å²) >= 11 is 0. The number of anilines is 1. The molecule has 2 rings (SSSR count). The molecule has 0 spiro atoms. The lowest BCUT2D eigenvalue weighted by Crippen LogP contribution is -2.22. The van der Waals surface area contributed by atoms with Gasteiger partial charge in [0.25, 0.3) is 10.0 Å². The molecule has 5 nitrogen and oxygen atoms in total. The molecule has 0 aliphatic heterocycles. The molecular formula is C14H11FNO4S-. The fourth-order valence-corrected chi connectivity index (χ4v) is 2.85. The lowest BCUT2D eigenvalue weighted by atomic mass is 10.2. The van der Waals surface area contributed by atoms with Crippen molar-refractivity contribution >= 4 is 21.7 Å². The summed E-state index contributed by atoms with van der Waals surface area (Å²) in [5.74, 6) is -1.85. The van der Waals surface area contributed by atoms with E-state index < -0.39 is 21.8 Å². The average molecular weight is 308 g/mol. The topological polar surface area (TPSA) is 86.3 Å². The van der Waals surface area contributed by atoms with Crippen molar-refractivity contribution in [3.05, 3.63) is 59.4 Å². The number of carboxylic acids is 1. The molecule has 0 heterocycles. The van der Waals surface area contributed by atoms with Gasteiger partial charge < -0.3 is 9.90 Å². The Morgan fingerprint density at radius 3 is 2.29 bits per heavy atom. The van der Waals surface area contributed by atoms with Crippen molar-refractivity contribution < 1.29 is 22.7 Å². The number of sulfonamides is 1. The molecule has 0 aromatic heterocycles. The lowest BCUT2D eigenvalue weighted by molar-refractivity contribution is -0.255. The molecule has 2 aromatic carbocycles. The molecule has 0 bridgehead atoms. The Morgan fingerprint density at radius 1 is 1.14 bits per heavy atom.